The Labute approximate surface area is 107 Å². The van der Waals surface area contributed by atoms with Crippen molar-refractivity contribution in [2.45, 2.75) is 19.8 Å². The number of aromatic nitrogens is 2. The lowest BCUT2D eigenvalue weighted by Gasteiger charge is -2.08. The summed E-state index contributed by atoms with van der Waals surface area (Å²) in [4.78, 5) is 8.23. The second-order valence-electron chi connectivity index (χ2n) is 4.29. The topological polar surface area (TPSA) is 47.0 Å². The van der Waals surface area contributed by atoms with Crippen molar-refractivity contribution in [1.82, 2.24) is 9.97 Å². The first-order chi connectivity index (χ1) is 8.69. The van der Waals surface area contributed by atoms with E-state index in [1.165, 1.54) is 5.56 Å². The van der Waals surface area contributed by atoms with Crippen LogP contribution in [0.2, 0.25) is 0 Å². The Hall–Kier alpha value is -2.10. The van der Waals surface area contributed by atoms with Gasteiger partial charge >= 0.3 is 0 Å². The molecule has 0 atom stereocenters. The van der Waals surface area contributed by atoms with Gasteiger partial charge in [0, 0.05) is 19.3 Å². The molecule has 0 radical (unpaired) electrons. The zero-order valence-corrected chi connectivity index (χ0v) is 10.8. The Kier molecular flexibility index (Phi) is 3.77. The summed E-state index contributed by atoms with van der Waals surface area (Å²) in [6, 6.07) is 9.78. The number of anilines is 1. The van der Waals surface area contributed by atoms with Crippen LogP contribution in [0.15, 0.2) is 36.5 Å². The molecule has 0 unspecified atom stereocenters. The number of benzene rings is 1. The standard InChI is InChI=1S/C14H17N3O/c1-10(2)11-4-6-12(7-5-11)18-13-8-9-16-14(15-3)17-13/h4-10H,1-3H3,(H,15,16,17). The zero-order valence-electron chi connectivity index (χ0n) is 10.8. The van der Waals surface area contributed by atoms with Crippen LogP contribution in [0.4, 0.5) is 5.95 Å². The largest absolute Gasteiger partial charge is 0.439 e. The first-order valence-electron chi connectivity index (χ1n) is 5.97. The van der Waals surface area contributed by atoms with Crippen LogP contribution < -0.4 is 10.1 Å². The molecule has 2 rings (SSSR count). The monoisotopic (exact) mass is 243 g/mol. The lowest BCUT2D eigenvalue weighted by molar-refractivity contribution is 0.462. The minimum absolute atomic E-state index is 0.522. The van der Waals surface area contributed by atoms with Crippen LogP contribution in [0.5, 0.6) is 11.6 Å². The molecule has 1 aromatic carbocycles. The van der Waals surface area contributed by atoms with E-state index in [0.29, 0.717) is 17.7 Å². The van der Waals surface area contributed by atoms with Crippen LogP contribution in [-0.4, -0.2) is 17.0 Å². The van der Waals surface area contributed by atoms with E-state index in [4.69, 9.17) is 4.74 Å². The van der Waals surface area contributed by atoms with Gasteiger partial charge in [-0.3, -0.25) is 0 Å². The van der Waals surface area contributed by atoms with Crippen molar-refractivity contribution in [3.63, 3.8) is 0 Å². The molecule has 1 aromatic heterocycles. The lowest BCUT2D eigenvalue weighted by Crippen LogP contribution is -1.97. The van der Waals surface area contributed by atoms with Gasteiger partial charge in [-0.1, -0.05) is 26.0 Å². The first kappa shape index (κ1) is 12.4. The molecule has 4 nitrogen and oxygen atoms in total. The van der Waals surface area contributed by atoms with Crippen molar-refractivity contribution in [3.8, 4) is 11.6 Å². The molecule has 0 amide bonds. The fourth-order valence-corrected chi connectivity index (χ4v) is 1.56. The molecule has 1 heterocycles. The molecule has 2 aromatic rings. The summed E-state index contributed by atoms with van der Waals surface area (Å²) >= 11 is 0. The molecule has 1 N–H and O–H groups in total. The summed E-state index contributed by atoms with van der Waals surface area (Å²) in [5, 5.41) is 2.87. The van der Waals surface area contributed by atoms with Gasteiger partial charge in [-0.2, -0.15) is 4.98 Å². The molecule has 0 fully saturated rings. The summed E-state index contributed by atoms with van der Waals surface area (Å²) < 4.78 is 5.66. The zero-order chi connectivity index (χ0) is 13.0. The van der Waals surface area contributed by atoms with E-state index in [-0.39, 0.29) is 0 Å². The minimum atomic E-state index is 0.522. The third-order valence-corrected chi connectivity index (χ3v) is 2.62. The number of rotatable bonds is 4. The van der Waals surface area contributed by atoms with E-state index in [1.54, 1.807) is 19.3 Å². The molecule has 0 saturated heterocycles. The molecule has 94 valence electrons. The van der Waals surface area contributed by atoms with Gasteiger partial charge in [0.2, 0.25) is 11.8 Å². The molecule has 0 aliphatic rings. The average Bonchev–Trinajstić information content (AvgIpc) is 2.39. The molecule has 0 aliphatic heterocycles. The Bertz CT molecular complexity index is 509. The number of hydrogen-bond donors (Lipinski definition) is 1. The summed E-state index contributed by atoms with van der Waals surface area (Å²) in [7, 11) is 1.77. The highest BCUT2D eigenvalue weighted by atomic mass is 16.5. The van der Waals surface area contributed by atoms with Crippen LogP contribution in [0.25, 0.3) is 0 Å². The summed E-state index contributed by atoms with van der Waals surface area (Å²) in [6.45, 7) is 4.33. The molecular weight excluding hydrogens is 226 g/mol. The molecule has 18 heavy (non-hydrogen) atoms. The van der Waals surface area contributed by atoms with Gasteiger partial charge in [0.1, 0.15) is 5.75 Å². The van der Waals surface area contributed by atoms with E-state index < -0.39 is 0 Å². The predicted octanol–water partition coefficient (Wildman–Crippen LogP) is 3.43. The smallest absolute Gasteiger partial charge is 0.225 e. The fourth-order valence-electron chi connectivity index (χ4n) is 1.56. The Morgan fingerprint density at radius 2 is 1.83 bits per heavy atom. The van der Waals surface area contributed by atoms with E-state index >= 15 is 0 Å². The van der Waals surface area contributed by atoms with Crippen LogP contribution in [0.3, 0.4) is 0 Å². The van der Waals surface area contributed by atoms with Crippen molar-refractivity contribution >= 4 is 5.95 Å². The average molecular weight is 243 g/mol. The highest BCUT2D eigenvalue weighted by Crippen LogP contribution is 2.22. The maximum absolute atomic E-state index is 5.66. The van der Waals surface area contributed by atoms with Gasteiger partial charge in [0.15, 0.2) is 0 Å². The minimum Gasteiger partial charge on any atom is -0.439 e. The summed E-state index contributed by atoms with van der Waals surface area (Å²) in [5.41, 5.74) is 1.29. The number of hydrogen-bond acceptors (Lipinski definition) is 4. The Morgan fingerprint density at radius 3 is 2.44 bits per heavy atom. The van der Waals surface area contributed by atoms with E-state index in [1.807, 2.05) is 12.1 Å². The molecule has 4 heteroatoms. The maximum atomic E-state index is 5.66. The van der Waals surface area contributed by atoms with Gasteiger partial charge in [0.05, 0.1) is 0 Å². The first-order valence-corrected chi connectivity index (χ1v) is 5.97. The molecule has 0 aliphatic carbocycles. The highest BCUT2D eigenvalue weighted by Gasteiger charge is 2.02. The summed E-state index contributed by atoms with van der Waals surface area (Å²) in [5.74, 6) is 2.38. The van der Waals surface area contributed by atoms with Gasteiger partial charge < -0.3 is 10.1 Å². The van der Waals surface area contributed by atoms with Crippen LogP contribution in [0.1, 0.15) is 25.3 Å². The normalized spacial score (nSPS) is 10.4. The number of ether oxygens (including phenoxy) is 1. The van der Waals surface area contributed by atoms with E-state index in [0.717, 1.165) is 5.75 Å². The lowest BCUT2D eigenvalue weighted by atomic mass is 10.0. The van der Waals surface area contributed by atoms with Crippen molar-refractivity contribution < 1.29 is 4.74 Å². The Balaban J connectivity index is 2.13. The summed E-state index contributed by atoms with van der Waals surface area (Å²) in [6.07, 6.45) is 1.66. The van der Waals surface area contributed by atoms with Crippen molar-refractivity contribution in [3.05, 3.63) is 42.1 Å². The van der Waals surface area contributed by atoms with Crippen LogP contribution in [0, 0.1) is 0 Å². The second-order valence-corrected chi connectivity index (χ2v) is 4.29. The van der Waals surface area contributed by atoms with Crippen molar-refractivity contribution in [2.75, 3.05) is 12.4 Å². The third-order valence-electron chi connectivity index (χ3n) is 2.62. The highest BCUT2D eigenvalue weighted by molar-refractivity contribution is 5.33. The van der Waals surface area contributed by atoms with Crippen molar-refractivity contribution in [2.24, 2.45) is 0 Å². The molecule has 0 bridgehead atoms. The second kappa shape index (κ2) is 5.49. The van der Waals surface area contributed by atoms with Crippen LogP contribution >= 0.6 is 0 Å². The number of nitrogens with one attached hydrogen (secondary N) is 1. The van der Waals surface area contributed by atoms with Crippen molar-refractivity contribution in [1.29, 1.82) is 0 Å². The van der Waals surface area contributed by atoms with Gasteiger partial charge in [0.25, 0.3) is 0 Å². The fraction of sp³-hybridized carbons (Fsp3) is 0.286. The third kappa shape index (κ3) is 2.97. The van der Waals surface area contributed by atoms with Gasteiger partial charge in [-0.25, -0.2) is 4.98 Å². The molecule has 0 saturated carbocycles. The van der Waals surface area contributed by atoms with Gasteiger partial charge in [-0.15, -0.1) is 0 Å². The maximum Gasteiger partial charge on any atom is 0.225 e. The molecular formula is C14H17N3O. The number of nitrogens with zero attached hydrogens (tertiary/aromatic N) is 2. The quantitative estimate of drug-likeness (QED) is 0.893. The molecule has 0 spiro atoms. The van der Waals surface area contributed by atoms with E-state index in [9.17, 15) is 0 Å². The predicted molar refractivity (Wildman–Crippen MR) is 72.2 cm³/mol. The van der Waals surface area contributed by atoms with E-state index in [2.05, 4.69) is 41.3 Å². The van der Waals surface area contributed by atoms with Crippen LogP contribution in [-0.2, 0) is 0 Å². The SMILES string of the molecule is CNc1nccc(Oc2ccc(C(C)C)cc2)n1. The van der Waals surface area contributed by atoms with Gasteiger partial charge in [-0.05, 0) is 23.6 Å². The Morgan fingerprint density at radius 1 is 1.11 bits per heavy atom.